The first-order valence-electron chi connectivity index (χ1n) is 13.7. The zero-order chi connectivity index (χ0) is 30.1. The van der Waals surface area contributed by atoms with E-state index in [0.717, 1.165) is 5.39 Å². The smallest absolute Gasteiger partial charge is 0.314 e. The van der Waals surface area contributed by atoms with Gasteiger partial charge in [0.15, 0.2) is 0 Å². The number of carbonyl (C=O) groups is 2. The highest BCUT2D eigenvalue weighted by Crippen LogP contribution is 2.37. The Morgan fingerprint density at radius 1 is 1.07 bits per heavy atom. The van der Waals surface area contributed by atoms with Gasteiger partial charge in [-0.15, -0.1) is 0 Å². The Labute approximate surface area is 244 Å². The molecule has 1 aliphatic rings. The van der Waals surface area contributed by atoms with Gasteiger partial charge in [0, 0.05) is 49.1 Å². The number of rotatable bonds is 8. The molecule has 1 saturated heterocycles. The minimum Gasteiger partial charge on any atom is -0.428 e. The lowest BCUT2D eigenvalue weighted by Crippen LogP contribution is -2.40. The molecule has 4 aromatic rings. The Morgan fingerprint density at radius 2 is 1.83 bits per heavy atom. The number of piperidine rings is 1. The fourth-order valence-corrected chi connectivity index (χ4v) is 6.64. The summed E-state index contributed by atoms with van der Waals surface area (Å²) in [5, 5.41) is 5.14. The van der Waals surface area contributed by atoms with E-state index in [2.05, 4.69) is 10.1 Å². The molecular weight excluding hydrogens is 560 g/mol. The van der Waals surface area contributed by atoms with Crippen LogP contribution < -0.4 is 0 Å². The molecule has 12 heteroatoms. The van der Waals surface area contributed by atoms with Crippen LogP contribution in [0.1, 0.15) is 39.2 Å². The van der Waals surface area contributed by atoms with Gasteiger partial charge in [0.1, 0.15) is 0 Å². The summed E-state index contributed by atoms with van der Waals surface area (Å²) in [6.45, 7) is 5.36. The zero-order valence-electron chi connectivity index (χ0n) is 24.1. The molecule has 0 aliphatic carbocycles. The van der Waals surface area contributed by atoms with Gasteiger partial charge in [-0.1, -0.05) is 12.1 Å². The molecule has 1 fully saturated rings. The molecule has 4 heterocycles. The lowest BCUT2D eigenvalue weighted by molar-refractivity contribution is -0.172. The third-order valence-electron chi connectivity index (χ3n) is 7.34. The van der Waals surface area contributed by atoms with Crippen molar-refractivity contribution in [2.24, 2.45) is 5.41 Å². The third-order valence-corrected chi connectivity index (χ3v) is 9.28. The average molecular weight is 595 g/mol. The Balaban J connectivity index is 1.48. The molecule has 3 aromatic heterocycles. The number of ether oxygens (including phenoxy) is 3. The Morgan fingerprint density at radius 3 is 2.55 bits per heavy atom. The number of sulfonamides is 1. The number of benzene rings is 1. The summed E-state index contributed by atoms with van der Waals surface area (Å²) in [5.41, 5.74) is 2.11. The number of methoxy groups -OCH3 is 1. The van der Waals surface area contributed by atoms with Crippen molar-refractivity contribution in [2.75, 3.05) is 27.0 Å². The SMILES string of the molecule is COC1CCN(S(=O)(=O)c2ccc3cccnc3c2-c2ccn3ncc(CC(=O)OCOC(=O)C(C)(C)C)c3c2)CC1. The highest BCUT2D eigenvalue weighted by molar-refractivity contribution is 7.89. The Bertz CT molecular complexity index is 1740. The van der Waals surface area contributed by atoms with E-state index in [1.165, 1.54) is 4.31 Å². The van der Waals surface area contributed by atoms with Crippen LogP contribution >= 0.6 is 0 Å². The molecule has 0 spiro atoms. The van der Waals surface area contributed by atoms with Gasteiger partial charge in [0.05, 0.1) is 40.1 Å². The van der Waals surface area contributed by atoms with Gasteiger partial charge >= 0.3 is 11.9 Å². The predicted molar refractivity (Wildman–Crippen MR) is 155 cm³/mol. The molecule has 0 amide bonds. The minimum atomic E-state index is -3.86. The second kappa shape index (κ2) is 11.8. The van der Waals surface area contributed by atoms with E-state index < -0.39 is 34.2 Å². The molecular formula is C30H34N4O7S. The lowest BCUT2D eigenvalue weighted by atomic mass is 9.98. The molecule has 42 heavy (non-hydrogen) atoms. The van der Waals surface area contributed by atoms with Crippen molar-refractivity contribution in [1.82, 2.24) is 18.9 Å². The molecule has 1 aliphatic heterocycles. The number of aromatic nitrogens is 3. The lowest BCUT2D eigenvalue weighted by Gasteiger charge is -2.31. The summed E-state index contributed by atoms with van der Waals surface area (Å²) in [7, 11) is -2.22. The Hall–Kier alpha value is -3.87. The van der Waals surface area contributed by atoms with Gasteiger partial charge in [-0.25, -0.2) is 12.9 Å². The second-order valence-corrected chi connectivity index (χ2v) is 13.2. The van der Waals surface area contributed by atoms with E-state index in [1.807, 2.05) is 6.07 Å². The number of pyridine rings is 2. The van der Waals surface area contributed by atoms with Gasteiger partial charge in [-0.05, 0) is 63.4 Å². The molecule has 11 nitrogen and oxygen atoms in total. The molecule has 0 atom stereocenters. The van der Waals surface area contributed by atoms with Crippen LogP contribution in [0.5, 0.6) is 0 Å². The van der Waals surface area contributed by atoms with E-state index in [-0.39, 0.29) is 17.4 Å². The predicted octanol–water partition coefficient (Wildman–Crippen LogP) is 3.98. The van der Waals surface area contributed by atoms with Crippen LogP contribution in [-0.4, -0.2) is 72.4 Å². The number of hydrogen-bond acceptors (Lipinski definition) is 9. The van der Waals surface area contributed by atoms with Gasteiger partial charge in [-0.2, -0.15) is 9.40 Å². The quantitative estimate of drug-likeness (QED) is 0.220. The van der Waals surface area contributed by atoms with Crippen LogP contribution in [0.25, 0.3) is 27.5 Å². The summed E-state index contributed by atoms with van der Waals surface area (Å²) >= 11 is 0. The van der Waals surface area contributed by atoms with Crippen LogP contribution in [-0.2, 0) is 40.2 Å². The van der Waals surface area contributed by atoms with Crippen LogP contribution in [0, 0.1) is 5.41 Å². The normalized spacial score (nSPS) is 15.2. The first kappa shape index (κ1) is 29.6. The zero-order valence-corrected chi connectivity index (χ0v) is 24.9. The van der Waals surface area contributed by atoms with Crippen molar-refractivity contribution in [3.05, 3.63) is 60.6 Å². The largest absolute Gasteiger partial charge is 0.428 e. The second-order valence-electron chi connectivity index (χ2n) is 11.3. The summed E-state index contributed by atoms with van der Waals surface area (Å²) < 4.78 is 46.7. The Kier molecular flexibility index (Phi) is 8.31. The fourth-order valence-electron chi connectivity index (χ4n) is 4.96. The number of fused-ring (bicyclic) bond motifs is 2. The van der Waals surface area contributed by atoms with E-state index in [9.17, 15) is 18.0 Å². The number of carbonyl (C=O) groups excluding carboxylic acids is 2. The molecule has 0 bridgehead atoms. The first-order chi connectivity index (χ1) is 20.0. The average Bonchev–Trinajstić information content (AvgIpc) is 3.37. The maximum absolute atomic E-state index is 14.0. The van der Waals surface area contributed by atoms with E-state index >= 15 is 0 Å². The van der Waals surface area contributed by atoms with Crippen LogP contribution in [0.2, 0.25) is 0 Å². The topological polar surface area (TPSA) is 129 Å². The molecule has 222 valence electrons. The van der Waals surface area contributed by atoms with E-state index in [1.54, 1.807) is 81.3 Å². The van der Waals surface area contributed by atoms with Crippen LogP contribution in [0.3, 0.4) is 0 Å². The summed E-state index contributed by atoms with van der Waals surface area (Å²) in [6.07, 6.45) is 6.06. The first-order valence-corrected chi connectivity index (χ1v) is 15.1. The summed E-state index contributed by atoms with van der Waals surface area (Å²) in [5.74, 6) is -1.07. The van der Waals surface area contributed by atoms with Crippen LogP contribution in [0.15, 0.2) is 59.9 Å². The van der Waals surface area contributed by atoms with Gasteiger partial charge < -0.3 is 14.2 Å². The number of esters is 2. The van der Waals surface area contributed by atoms with Gasteiger partial charge in [0.25, 0.3) is 0 Å². The molecule has 1 aromatic carbocycles. The molecule has 0 saturated carbocycles. The maximum atomic E-state index is 14.0. The van der Waals surface area contributed by atoms with Crippen molar-refractivity contribution >= 4 is 38.4 Å². The van der Waals surface area contributed by atoms with Crippen molar-refractivity contribution in [3.63, 3.8) is 0 Å². The fraction of sp³-hybridized carbons (Fsp3) is 0.400. The molecule has 0 unspecified atom stereocenters. The third kappa shape index (κ3) is 6.01. The van der Waals surface area contributed by atoms with Crippen molar-refractivity contribution < 1.29 is 32.2 Å². The standard InChI is InChI=1S/C30H34N4O7S/c1-30(2,3)29(36)41-19-40-26(35)17-22-18-32-34-15-9-21(16-24(22)34)27-25(8-7-20-6-5-12-31-28(20)27)42(37,38)33-13-10-23(39-4)11-14-33/h5-9,12,15-16,18,23H,10-11,13-14,17,19H2,1-4H3. The van der Waals surface area contributed by atoms with Gasteiger partial charge in [-0.3, -0.25) is 14.6 Å². The molecule has 0 N–H and O–H groups in total. The van der Waals surface area contributed by atoms with Crippen LogP contribution in [0.4, 0.5) is 0 Å². The highest BCUT2D eigenvalue weighted by Gasteiger charge is 2.32. The monoisotopic (exact) mass is 594 g/mol. The van der Waals surface area contributed by atoms with E-state index in [4.69, 9.17) is 14.2 Å². The molecule has 0 radical (unpaired) electrons. The summed E-state index contributed by atoms with van der Waals surface area (Å²) in [6, 6.07) is 10.7. The summed E-state index contributed by atoms with van der Waals surface area (Å²) in [4.78, 5) is 29.2. The van der Waals surface area contributed by atoms with E-state index in [0.29, 0.717) is 53.7 Å². The van der Waals surface area contributed by atoms with Crippen molar-refractivity contribution in [1.29, 1.82) is 0 Å². The highest BCUT2D eigenvalue weighted by atomic mass is 32.2. The maximum Gasteiger partial charge on any atom is 0.314 e. The molecule has 5 rings (SSSR count). The van der Waals surface area contributed by atoms with Gasteiger partial charge in [0.2, 0.25) is 16.8 Å². The number of hydrogen-bond donors (Lipinski definition) is 0. The van der Waals surface area contributed by atoms with Crippen molar-refractivity contribution in [3.8, 4) is 11.1 Å². The number of nitrogens with zero attached hydrogens (tertiary/aromatic N) is 4. The minimum absolute atomic E-state index is 0.0362. The van der Waals surface area contributed by atoms with Crippen molar-refractivity contribution in [2.45, 2.75) is 51.0 Å².